The first-order chi connectivity index (χ1) is 19.9. The molecule has 3 aliphatic rings. The van der Waals surface area contributed by atoms with Crippen molar-refractivity contribution in [3.63, 3.8) is 0 Å². The number of carbonyl (C=O) groups is 3. The van der Waals surface area contributed by atoms with E-state index in [0.29, 0.717) is 30.7 Å². The molecule has 1 aromatic heterocycles. The molecule has 3 fully saturated rings. The third-order valence-electron chi connectivity index (χ3n) is 9.18. The van der Waals surface area contributed by atoms with Gasteiger partial charge in [-0.25, -0.2) is 4.98 Å². The zero-order chi connectivity index (χ0) is 30.2. The van der Waals surface area contributed by atoms with Crippen LogP contribution in [0.4, 0.5) is 13.2 Å². The van der Waals surface area contributed by atoms with Crippen LogP contribution in [0.5, 0.6) is 0 Å². The number of nitrogens with one attached hydrogen (secondary N) is 2. The molecule has 0 spiro atoms. The zero-order valence-corrected chi connectivity index (χ0v) is 24.8. The molecule has 3 aliphatic carbocycles. The summed E-state index contributed by atoms with van der Waals surface area (Å²) in [7, 11) is 0. The van der Waals surface area contributed by atoms with Crippen LogP contribution in [-0.2, 0) is 16.6 Å². The molecule has 7 nitrogen and oxygen atoms in total. The van der Waals surface area contributed by atoms with Gasteiger partial charge in [-0.15, -0.1) is 11.3 Å². The van der Waals surface area contributed by atoms with Crippen molar-refractivity contribution in [3.05, 3.63) is 40.0 Å². The lowest BCUT2D eigenvalue weighted by Crippen LogP contribution is -2.46. The molecule has 3 N–H and O–H groups in total. The summed E-state index contributed by atoms with van der Waals surface area (Å²) in [5.74, 6) is -2.03. The zero-order valence-electron chi connectivity index (χ0n) is 24.0. The Kier molecular flexibility index (Phi) is 8.70. The van der Waals surface area contributed by atoms with Crippen LogP contribution in [0.1, 0.15) is 109 Å². The SMILES string of the molecule is CC[C@H](NC(=O)c1cc(-c2sc(C(=O)NC3CC(C(=O)O)C3)nc2CC2CCCCC2)cc(C2(C)CC2)c1)C(F)(F)F. The Morgan fingerprint density at radius 3 is 2.38 bits per heavy atom. The standard InChI is InChI=1S/C31H38F3N3O4S/c1-3-24(31(32,33)34)37-26(38)19-12-18(13-21(14-19)30(2)9-10-30)25-23(11-17-7-5-4-6-8-17)36-28(42-25)27(39)35-22-15-20(16-22)29(40)41/h12-14,17,20,22,24H,3-11,15-16H2,1-2H3,(H,35,39)(H,37,38)(H,40,41)/t20?,22?,24-/m0/s1. The van der Waals surface area contributed by atoms with Crippen LogP contribution in [0.3, 0.4) is 0 Å². The van der Waals surface area contributed by atoms with Crippen molar-refractivity contribution < 1.29 is 32.7 Å². The summed E-state index contributed by atoms with van der Waals surface area (Å²) in [4.78, 5) is 43.0. The van der Waals surface area contributed by atoms with E-state index in [9.17, 15) is 27.6 Å². The first-order valence-corrected chi connectivity index (χ1v) is 15.7. The number of hydrogen-bond acceptors (Lipinski definition) is 5. The van der Waals surface area contributed by atoms with Crippen LogP contribution in [0.15, 0.2) is 18.2 Å². The fourth-order valence-electron chi connectivity index (χ4n) is 6.03. The van der Waals surface area contributed by atoms with Gasteiger partial charge in [0.2, 0.25) is 0 Å². The monoisotopic (exact) mass is 605 g/mol. The van der Waals surface area contributed by atoms with E-state index in [1.165, 1.54) is 24.7 Å². The number of hydrogen-bond donors (Lipinski definition) is 3. The minimum atomic E-state index is -4.55. The van der Waals surface area contributed by atoms with Crippen molar-refractivity contribution in [1.82, 2.24) is 15.6 Å². The van der Waals surface area contributed by atoms with E-state index in [-0.39, 0.29) is 34.4 Å². The predicted molar refractivity (Wildman–Crippen MR) is 154 cm³/mol. The average Bonchev–Trinajstić information content (AvgIpc) is 3.54. The number of halogens is 3. The van der Waals surface area contributed by atoms with Gasteiger partial charge in [0.25, 0.3) is 11.8 Å². The number of rotatable bonds is 10. The maximum absolute atomic E-state index is 13.5. The maximum atomic E-state index is 13.5. The van der Waals surface area contributed by atoms with Gasteiger partial charge in [0.05, 0.1) is 16.5 Å². The summed E-state index contributed by atoms with van der Waals surface area (Å²) in [6.07, 6.45) is 4.06. The molecule has 42 heavy (non-hydrogen) atoms. The summed E-state index contributed by atoms with van der Waals surface area (Å²) in [5.41, 5.74) is 2.35. The van der Waals surface area contributed by atoms with Gasteiger partial charge in [-0.1, -0.05) is 46.0 Å². The number of aromatic nitrogens is 1. The fraction of sp³-hybridized carbons (Fsp3) is 0.613. The molecule has 0 unspecified atom stereocenters. The second kappa shape index (κ2) is 12.0. The average molecular weight is 606 g/mol. The van der Waals surface area contributed by atoms with Crippen LogP contribution in [-0.4, -0.2) is 46.1 Å². The number of amides is 2. The maximum Gasteiger partial charge on any atom is 0.408 e. The highest BCUT2D eigenvalue weighted by Crippen LogP contribution is 2.49. The van der Waals surface area contributed by atoms with E-state index < -0.39 is 30.0 Å². The molecular formula is C31H38F3N3O4S. The van der Waals surface area contributed by atoms with Gasteiger partial charge in [0, 0.05) is 11.6 Å². The number of carbonyl (C=O) groups excluding carboxylic acids is 2. The van der Waals surface area contributed by atoms with E-state index in [0.717, 1.165) is 54.7 Å². The molecule has 2 aromatic rings. The van der Waals surface area contributed by atoms with E-state index in [1.807, 2.05) is 6.07 Å². The van der Waals surface area contributed by atoms with E-state index in [2.05, 4.69) is 17.6 Å². The van der Waals surface area contributed by atoms with Crippen LogP contribution >= 0.6 is 11.3 Å². The fourth-order valence-corrected chi connectivity index (χ4v) is 7.02. The van der Waals surface area contributed by atoms with Gasteiger partial charge in [-0.3, -0.25) is 14.4 Å². The summed E-state index contributed by atoms with van der Waals surface area (Å²) < 4.78 is 40.4. The highest BCUT2D eigenvalue weighted by Gasteiger charge is 2.42. The Hall–Kier alpha value is -2.95. The molecule has 5 rings (SSSR count). The number of nitrogens with zero attached hydrogens (tertiary/aromatic N) is 1. The Morgan fingerprint density at radius 2 is 1.79 bits per heavy atom. The topological polar surface area (TPSA) is 108 Å². The van der Waals surface area contributed by atoms with Crippen molar-refractivity contribution in [2.75, 3.05) is 0 Å². The summed E-state index contributed by atoms with van der Waals surface area (Å²) >= 11 is 1.22. The molecule has 11 heteroatoms. The van der Waals surface area contributed by atoms with Gasteiger partial charge < -0.3 is 15.7 Å². The molecule has 0 radical (unpaired) electrons. The lowest BCUT2D eigenvalue weighted by Gasteiger charge is -2.32. The van der Waals surface area contributed by atoms with E-state index in [4.69, 9.17) is 10.1 Å². The Morgan fingerprint density at radius 1 is 1.10 bits per heavy atom. The van der Waals surface area contributed by atoms with Crippen LogP contribution < -0.4 is 10.6 Å². The van der Waals surface area contributed by atoms with Gasteiger partial charge in [-0.05, 0) is 79.2 Å². The Labute approximate surface area is 247 Å². The number of carboxylic acid groups (broad SMARTS) is 1. The molecule has 1 atom stereocenters. The van der Waals surface area contributed by atoms with Crippen LogP contribution in [0.2, 0.25) is 0 Å². The smallest absolute Gasteiger partial charge is 0.408 e. The minimum Gasteiger partial charge on any atom is -0.481 e. The normalized spacial score (nSPS) is 22.6. The van der Waals surface area contributed by atoms with Gasteiger partial charge in [0.15, 0.2) is 5.01 Å². The van der Waals surface area contributed by atoms with Crippen molar-refractivity contribution in [1.29, 1.82) is 0 Å². The van der Waals surface area contributed by atoms with Crippen molar-refractivity contribution in [2.24, 2.45) is 11.8 Å². The predicted octanol–water partition coefficient (Wildman–Crippen LogP) is 6.65. The molecule has 1 aromatic carbocycles. The van der Waals surface area contributed by atoms with Gasteiger partial charge in [-0.2, -0.15) is 13.2 Å². The molecule has 228 valence electrons. The van der Waals surface area contributed by atoms with Gasteiger partial charge >= 0.3 is 12.1 Å². The van der Waals surface area contributed by atoms with Crippen LogP contribution in [0.25, 0.3) is 10.4 Å². The number of alkyl halides is 3. The highest BCUT2D eigenvalue weighted by molar-refractivity contribution is 7.17. The summed E-state index contributed by atoms with van der Waals surface area (Å²) in [5, 5.41) is 14.5. The largest absolute Gasteiger partial charge is 0.481 e. The quantitative estimate of drug-likeness (QED) is 0.281. The number of carboxylic acids is 1. The molecule has 0 bridgehead atoms. The Balaban J connectivity index is 1.48. The Bertz CT molecular complexity index is 1340. The molecule has 2 amide bonds. The second-order valence-corrected chi connectivity index (χ2v) is 13.5. The summed E-state index contributed by atoms with van der Waals surface area (Å²) in [6.45, 7) is 3.47. The first-order valence-electron chi connectivity index (χ1n) is 14.9. The van der Waals surface area contributed by atoms with Crippen molar-refractivity contribution in [2.45, 2.75) is 108 Å². The van der Waals surface area contributed by atoms with E-state index in [1.54, 1.807) is 12.1 Å². The minimum absolute atomic E-state index is 0.154. The van der Waals surface area contributed by atoms with Crippen molar-refractivity contribution in [3.8, 4) is 10.4 Å². The van der Waals surface area contributed by atoms with Crippen molar-refractivity contribution >= 4 is 29.1 Å². The first kappa shape index (κ1) is 30.5. The lowest BCUT2D eigenvalue weighted by molar-refractivity contribution is -0.153. The third-order valence-corrected chi connectivity index (χ3v) is 10.3. The van der Waals surface area contributed by atoms with Crippen LogP contribution in [0, 0.1) is 11.8 Å². The third kappa shape index (κ3) is 6.82. The molecular weight excluding hydrogens is 567 g/mol. The highest BCUT2D eigenvalue weighted by atomic mass is 32.1. The number of aliphatic carboxylic acids is 1. The van der Waals surface area contributed by atoms with E-state index >= 15 is 0 Å². The molecule has 0 aliphatic heterocycles. The number of thiazole rings is 1. The molecule has 0 saturated heterocycles. The summed E-state index contributed by atoms with van der Waals surface area (Å²) in [6, 6.07) is 3.15. The molecule has 1 heterocycles. The lowest BCUT2D eigenvalue weighted by atomic mass is 9.80. The van der Waals surface area contributed by atoms with Gasteiger partial charge in [0.1, 0.15) is 6.04 Å². The second-order valence-electron chi connectivity index (χ2n) is 12.5. The molecule has 3 saturated carbocycles. The number of benzene rings is 1.